The smallest absolute Gasteiger partial charge is 0.268 e. The van der Waals surface area contributed by atoms with Gasteiger partial charge in [-0.1, -0.05) is 30.3 Å². The Bertz CT molecular complexity index is 1570. The van der Waals surface area contributed by atoms with Gasteiger partial charge >= 0.3 is 0 Å². The van der Waals surface area contributed by atoms with Crippen LogP contribution in [-0.4, -0.2) is 31.6 Å². The third kappa shape index (κ3) is 3.80. The summed E-state index contributed by atoms with van der Waals surface area (Å²) in [7, 11) is -0.714. The fourth-order valence-corrected chi connectivity index (χ4v) is 5.51. The third-order valence-electron chi connectivity index (χ3n) is 5.71. The summed E-state index contributed by atoms with van der Waals surface area (Å²) in [4.78, 5) is 4.62. The highest BCUT2D eigenvalue weighted by molar-refractivity contribution is 7.90. The molecule has 2 aromatic heterocycles. The molecule has 7 heteroatoms. The van der Waals surface area contributed by atoms with Crippen molar-refractivity contribution in [1.29, 1.82) is 0 Å². The quantitative estimate of drug-likeness (QED) is 0.322. The maximum atomic E-state index is 13.8. The van der Waals surface area contributed by atoms with E-state index in [0.717, 1.165) is 22.3 Å². The van der Waals surface area contributed by atoms with E-state index in [-0.39, 0.29) is 4.90 Å². The number of aromatic nitrogens is 2. The second kappa shape index (κ2) is 8.68. The van der Waals surface area contributed by atoms with Crippen molar-refractivity contribution in [3.8, 4) is 33.9 Å². The minimum absolute atomic E-state index is 0.204. The summed E-state index contributed by atoms with van der Waals surface area (Å²) >= 11 is 0. The van der Waals surface area contributed by atoms with E-state index >= 15 is 0 Å². The molecule has 0 unspecified atom stereocenters. The maximum Gasteiger partial charge on any atom is 0.268 e. The molecule has 0 saturated carbocycles. The summed E-state index contributed by atoms with van der Waals surface area (Å²) in [5.41, 5.74) is 3.56. The van der Waals surface area contributed by atoms with E-state index in [2.05, 4.69) is 4.98 Å². The van der Waals surface area contributed by atoms with Crippen molar-refractivity contribution in [2.45, 2.75) is 4.90 Å². The molecule has 34 heavy (non-hydrogen) atoms. The monoisotopic (exact) mass is 470 g/mol. The minimum Gasteiger partial charge on any atom is -0.497 e. The highest BCUT2D eigenvalue weighted by Crippen LogP contribution is 2.35. The third-order valence-corrected chi connectivity index (χ3v) is 7.45. The molecule has 0 atom stereocenters. The first kappa shape index (κ1) is 21.7. The lowest BCUT2D eigenvalue weighted by atomic mass is 10.0. The molecule has 6 nitrogen and oxygen atoms in total. The van der Waals surface area contributed by atoms with Crippen LogP contribution in [0.3, 0.4) is 0 Å². The lowest BCUT2D eigenvalue weighted by Crippen LogP contribution is -2.14. The second-order valence-corrected chi connectivity index (χ2v) is 9.51. The number of nitrogens with zero attached hydrogens (tertiary/aromatic N) is 2. The molecule has 0 bridgehead atoms. The fraction of sp³-hybridized carbons (Fsp3) is 0.0741. The Hall–Kier alpha value is -4.10. The Morgan fingerprint density at radius 2 is 1.38 bits per heavy atom. The van der Waals surface area contributed by atoms with E-state index in [1.807, 2.05) is 48.5 Å². The van der Waals surface area contributed by atoms with Crippen LogP contribution in [0.15, 0.2) is 102 Å². The van der Waals surface area contributed by atoms with Crippen molar-refractivity contribution in [3.63, 3.8) is 0 Å². The predicted molar refractivity (Wildman–Crippen MR) is 133 cm³/mol. The number of pyridine rings is 1. The summed E-state index contributed by atoms with van der Waals surface area (Å²) in [5, 5.41) is 0.783. The zero-order chi connectivity index (χ0) is 23.7. The SMILES string of the molecule is COc1ccc(-c2cncc(-c3cc4ccc(OC)cc4n3S(=O)(=O)c3ccccc3)c2)cc1. The second-order valence-electron chi connectivity index (χ2n) is 7.73. The van der Waals surface area contributed by atoms with Gasteiger partial charge in [0.1, 0.15) is 11.5 Å². The molecule has 5 aromatic rings. The van der Waals surface area contributed by atoms with Gasteiger partial charge in [0.25, 0.3) is 10.0 Å². The van der Waals surface area contributed by atoms with Crippen LogP contribution in [0.2, 0.25) is 0 Å². The summed E-state index contributed by atoms with van der Waals surface area (Å²) in [6.07, 6.45) is 3.43. The first-order valence-corrected chi connectivity index (χ1v) is 12.1. The van der Waals surface area contributed by atoms with Gasteiger partial charge in [0.2, 0.25) is 0 Å². The average molecular weight is 471 g/mol. The number of fused-ring (bicyclic) bond motifs is 1. The molecule has 0 fully saturated rings. The van der Waals surface area contributed by atoms with Crippen LogP contribution in [0.4, 0.5) is 0 Å². The van der Waals surface area contributed by atoms with Crippen molar-refractivity contribution in [1.82, 2.24) is 8.96 Å². The summed E-state index contributed by atoms with van der Waals surface area (Å²) in [6.45, 7) is 0. The van der Waals surface area contributed by atoms with Gasteiger partial charge in [0, 0.05) is 35.0 Å². The predicted octanol–water partition coefficient (Wildman–Crippen LogP) is 5.62. The van der Waals surface area contributed by atoms with Gasteiger partial charge in [-0.15, -0.1) is 0 Å². The van der Waals surface area contributed by atoms with E-state index in [0.29, 0.717) is 22.5 Å². The maximum absolute atomic E-state index is 13.8. The van der Waals surface area contributed by atoms with Gasteiger partial charge in [-0.3, -0.25) is 4.98 Å². The number of ether oxygens (including phenoxy) is 2. The summed E-state index contributed by atoms with van der Waals surface area (Å²) in [5.74, 6) is 1.34. The zero-order valence-electron chi connectivity index (χ0n) is 18.7. The normalized spacial score (nSPS) is 11.5. The van der Waals surface area contributed by atoms with E-state index in [9.17, 15) is 8.42 Å². The van der Waals surface area contributed by atoms with E-state index in [1.165, 1.54) is 3.97 Å². The molecule has 0 spiro atoms. The summed E-state index contributed by atoms with van der Waals surface area (Å²) in [6, 6.07) is 25.3. The molecule has 0 aliphatic carbocycles. The van der Waals surface area contributed by atoms with Crippen molar-refractivity contribution in [2.24, 2.45) is 0 Å². The Kier molecular flexibility index (Phi) is 5.55. The summed E-state index contributed by atoms with van der Waals surface area (Å²) < 4.78 is 39.6. The Balaban J connectivity index is 1.74. The Morgan fingerprint density at radius 1 is 0.706 bits per heavy atom. The van der Waals surface area contributed by atoms with Crippen LogP contribution < -0.4 is 9.47 Å². The molecule has 170 valence electrons. The number of methoxy groups -OCH3 is 2. The van der Waals surface area contributed by atoms with Gasteiger partial charge in [-0.25, -0.2) is 12.4 Å². The highest BCUT2D eigenvalue weighted by Gasteiger charge is 2.24. The van der Waals surface area contributed by atoms with Crippen LogP contribution in [0.5, 0.6) is 11.5 Å². The lowest BCUT2D eigenvalue weighted by Gasteiger charge is -2.13. The molecule has 0 aliphatic rings. The standard InChI is InChI=1S/C27H22N2O4S/c1-32-23-11-8-19(9-12-23)21-14-22(18-28-17-21)26-15-20-10-13-24(33-2)16-27(20)29(26)34(30,31)25-6-4-3-5-7-25/h3-18H,1-2H3. The van der Waals surface area contributed by atoms with Gasteiger partial charge in [0.05, 0.1) is 30.3 Å². The molecule has 2 heterocycles. The largest absolute Gasteiger partial charge is 0.497 e. The van der Waals surface area contributed by atoms with E-state index in [4.69, 9.17) is 9.47 Å². The van der Waals surface area contributed by atoms with E-state index < -0.39 is 10.0 Å². The molecule has 0 saturated heterocycles. The van der Waals surface area contributed by atoms with Crippen LogP contribution in [0.25, 0.3) is 33.3 Å². The van der Waals surface area contributed by atoms with Crippen molar-refractivity contribution >= 4 is 20.9 Å². The van der Waals surface area contributed by atoms with Gasteiger partial charge in [0.15, 0.2) is 0 Å². The molecule has 5 rings (SSSR count). The first-order valence-electron chi connectivity index (χ1n) is 10.6. The average Bonchev–Trinajstić information content (AvgIpc) is 3.29. The molecule has 0 aliphatic heterocycles. The number of hydrogen-bond donors (Lipinski definition) is 0. The Morgan fingerprint density at radius 3 is 2.09 bits per heavy atom. The minimum atomic E-state index is -3.90. The van der Waals surface area contributed by atoms with E-state index in [1.54, 1.807) is 63.0 Å². The van der Waals surface area contributed by atoms with Crippen LogP contribution in [-0.2, 0) is 10.0 Å². The molecular formula is C27H22N2O4S. The van der Waals surface area contributed by atoms with Crippen molar-refractivity contribution in [3.05, 3.63) is 97.3 Å². The number of hydrogen-bond acceptors (Lipinski definition) is 5. The van der Waals surface area contributed by atoms with Crippen LogP contribution >= 0.6 is 0 Å². The highest BCUT2D eigenvalue weighted by atomic mass is 32.2. The molecule has 0 radical (unpaired) electrons. The molecule has 3 aromatic carbocycles. The van der Waals surface area contributed by atoms with Crippen molar-refractivity contribution in [2.75, 3.05) is 14.2 Å². The Labute approximate surface area is 198 Å². The lowest BCUT2D eigenvalue weighted by molar-refractivity contribution is 0.415. The molecule has 0 N–H and O–H groups in total. The number of rotatable bonds is 6. The van der Waals surface area contributed by atoms with Gasteiger partial charge in [-0.05, 0) is 54.1 Å². The number of benzene rings is 3. The van der Waals surface area contributed by atoms with Crippen LogP contribution in [0, 0.1) is 0 Å². The van der Waals surface area contributed by atoms with Crippen molar-refractivity contribution < 1.29 is 17.9 Å². The first-order chi connectivity index (χ1) is 16.5. The van der Waals surface area contributed by atoms with Gasteiger partial charge < -0.3 is 9.47 Å². The molecular weight excluding hydrogens is 448 g/mol. The van der Waals surface area contributed by atoms with Crippen LogP contribution in [0.1, 0.15) is 0 Å². The topological polar surface area (TPSA) is 70.4 Å². The fourth-order valence-electron chi connectivity index (χ4n) is 3.96. The molecule has 0 amide bonds. The van der Waals surface area contributed by atoms with Gasteiger partial charge in [-0.2, -0.15) is 0 Å². The zero-order valence-corrected chi connectivity index (χ0v) is 19.5.